The number of fused-ring (bicyclic) bond motifs is 1. The highest BCUT2D eigenvalue weighted by molar-refractivity contribution is 6.71. The summed E-state index contributed by atoms with van der Waals surface area (Å²) in [5.41, 5.74) is 3.29. The van der Waals surface area contributed by atoms with E-state index in [4.69, 9.17) is 4.98 Å². The zero-order chi connectivity index (χ0) is 30.2. The van der Waals surface area contributed by atoms with Crippen molar-refractivity contribution in [3.63, 3.8) is 0 Å². The van der Waals surface area contributed by atoms with E-state index >= 15 is 0 Å². The summed E-state index contributed by atoms with van der Waals surface area (Å²) in [6.45, 7) is 0. The van der Waals surface area contributed by atoms with Crippen LogP contribution in [-0.4, -0.2) is 120 Å². The van der Waals surface area contributed by atoms with Crippen LogP contribution in [0.5, 0.6) is 0 Å². The minimum absolute atomic E-state index is 0.0177. The summed E-state index contributed by atoms with van der Waals surface area (Å²) >= 11 is 0. The molecule has 0 unspecified atom stereocenters. The standard InChI is InChI=1S/C23H33B10N7O/c1-39-10-34-9-15(39)11-2-3-14-13(6-11)7-16(38-37-14)36-18(41)12-4-5-35-17(8-12)40-22(30,31)20(26,27)19(24,25)21(28,29)23(40,32)33/h2-10H,24-33H2,1H3,(H,36,38,41). The van der Waals surface area contributed by atoms with Gasteiger partial charge in [-0.2, -0.15) is 0 Å². The lowest BCUT2D eigenvalue weighted by molar-refractivity contribution is 0.102. The highest BCUT2D eigenvalue weighted by Crippen LogP contribution is 2.69. The molecule has 0 bridgehead atoms. The van der Waals surface area contributed by atoms with Crippen molar-refractivity contribution in [2.24, 2.45) is 7.05 Å². The number of aromatic nitrogens is 5. The van der Waals surface area contributed by atoms with Gasteiger partial charge in [-0.05, 0) is 41.0 Å². The second kappa shape index (κ2) is 9.43. The van der Waals surface area contributed by atoms with Gasteiger partial charge in [-0.15, -0.1) is 10.2 Å². The van der Waals surface area contributed by atoms with E-state index < -0.39 is 0 Å². The molecule has 1 aliphatic heterocycles. The Morgan fingerprint density at radius 1 is 0.829 bits per heavy atom. The third-order valence-electron chi connectivity index (χ3n) is 11.5. The van der Waals surface area contributed by atoms with E-state index in [2.05, 4.69) is 104 Å². The summed E-state index contributed by atoms with van der Waals surface area (Å²) < 4.78 is 1.97. The van der Waals surface area contributed by atoms with Gasteiger partial charge in [0.25, 0.3) is 5.91 Å². The van der Waals surface area contributed by atoms with E-state index in [-0.39, 0.29) is 32.2 Å². The smallest absolute Gasteiger partial charge is 0.257 e. The molecular weight excluding hydrogens is 498 g/mol. The van der Waals surface area contributed by atoms with Gasteiger partial charge in [0.1, 0.15) is 37.2 Å². The number of nitrogens with zero attached hydrogens (tertiary/aromatic N) is 6. The lowest BCUT2D eigenvalue weighted by Gasteiger charge is -2.77. The number of rotatable bonds is 4. The zero-order valence-corrected chi connectivity index (χ0v) is 26.3. The van der Waals surface area contributed by atoms with Crippen LogP contribution in [0.15, 0.2) is 55.1 Å². The number of benzene rings is 1. The van der Waals surface area contributed by atoms with Crippen LogP contribution in [0.1, 0.15) is 10.4 Å². The lowest BCUT2D eigenvalue weighted by atomic mass is 9.05. The van der Waals surface area contributed by atoms with Crippen LogP contribution in [-0.2, 0) is 7.05 Å². The van der Waals surface area contributed by atoms with Gasteiger partial charge in [0.05, 0.1) is 70.8 Å². The maximum absolute atomic E-state index is 13.5. The molecule has 1 aromatic carbocycles. The van der Waals surface area contributed by atoms with Gasteiger partial charge < -0.3 is 14.8 Å². The SMILES string of the molecule is BC1(B)N(c2cc(C(=O)Nc3cc4cc(-c5cncn5C)ccc4nn3)ccn2)C(B)(B)C(B)(B)C(B)(B)C1(B)B. The molecule has 4 aromatic rings. The van der Waals surface area contributed by atoms with E-state index in [1.54, 1.807) is 18.6 Å². The van der Waals surface area contributed by atoms with Gasteiger partial charge in [0.15, 0.2) is 5.82 Å². The molecule has 41 heavy (non-hydrogen) atoms. The maximum atomic E-state index is 13.5. The molecule has 0 spiro atoms. The maximum Gasteiger partial charge on any atom is 0.257 e. The van der Waals surface area contributed by atoms with Crippen LogP contribution in [0.4, 0.5) is 11.6 Å². The predicted octanol–water partition coefficient (Wildman–Crippen LogP) is -6.52. The predicted molar refractivity (Wildman–Crippen MR) is 195 cm³/mol. The molecule has 8 nitrogen and oxygen atoms in total. The Labute approximate surface area is 251 Å². The third-order valence-corrected chi connectivity index (χ3v) is 11.5. The van der Waals surface area contributed by atoms with Crippen LogP contribution in [0.2, 0.25) is 15.6 Å². The molecule has 5 rings (SSSR count). The van der Waals surface area contributed by atoms with Gasteiger partial charge >= 0.3 is 0 Å². The third kappa shape index (κ3) is 4.23. The summed E-state index contributed by atoms with van der Waals surface area (Å²) in [6, 6.07) is 11.5. The van der Waals surface area contributed by atoms with Crippen molar-refractivity contribution in [2.45, 2.75) is 26.3 Å². The topological polar surface area (TPSA) is 88.8 Å². The summed E-state index contributed by atoms with van der Waals surface area (Å²) in [4.78, 5) is 25.0. The monoisotopic (exact) mass is 533 g/mol. The van der Waals surface area contributed by atoms with Crippen LogP contribution in [0, 0.1) is 0 Å². The van der Waals surface area contributed by atoms with Crippen molar-refractivity contribution in [1.29, 1.82) is 0 Å². The van der Waals surface area contributed by atoms with Crippen LogP contribution < -0.4 is 10.2 Å². The number of piperidine rings is 1. The van der Waals surface area contributed by atoms with Crippen molar-refractivity contribution >= 4 is 107 Å². The average Bonchev–Trinajstić information content (AvgIpc) is 3.33. The molecule has 1 aliphatic rings. The first-order valence-electron chi connectivity index (χ1n) is 14.3. The number of anilines is 2. The Balaban J connectivity index is 1.48. The van der Waals surface area contributed by atoms with E-state index in [0.29, 0.717) is 11.4 Å². The van der Waals surface area contributed by atoms with Crippen molar-refractivity contribution in [3.8, 4) is 11.3 Å². The normalized spacial score (nSPS) is 19.9. The Morgan fingerprint density at radius 3 is 2.10 bits per heavy atom. The van der Waals surface area contributed by atoms with Gasteiger partial charge in [-0.25, -0.2) is 9.97 Å². The number of amides is 1. The van der Waals surface area contributed by atoms with Crippen LogP contribution in [0.25, 0.3) is 22.2 Å². The fraction of sp³-hybridized carbons (Fsp3) is 0.261. The summed E-state index contributed by atoms with van der Waals surface area (Å²) in [5, 5.41) is 11.8. The molecule has 1 fully saturated rings. The molecule has 1 amide bonds. The van der Waals surface area contributed by atoms with Crippen molar-refractivity contribution in [3.05, 3.63) is 60.7 Å². The number of aryl methyl sites for hydroxylation is 1. The Hall–Kier alpha value is -3.16. The molecule has 18 heteroatoms. The largest absolute Gasteiger partial charge is 0.379 e. The molecule has 4 heterocycles. The number of nitrogens with one attached hydrogen (secondary N) is 1. The first kappa shape index (κ1) is 29.3. The van der Waals surface area contributed by atoms with Crippen LogP contribution in [0.3, 0.4) is 0 Å². The molecule has 0 aliphatic carbocycles. The first-order valence-corrected chi connectivity index (χ1v) is 14.3. The van der Waals surface area contributed by atoms with E-state index in [1.165, 1.54) is 0 Å². The Bertz CT molecular complexity index is 1640. The second-order valence-corrected chi connectivity index (χ2v) is 14.1. The van der Waals surface area contributed by atoms with E-state index in [9.17, 15) is 4.79 Å². The minimum Gasteiger partial charge on any atom is -0.379 e. The van der Waals surface area contributed by atoms with Crippen LogP contribution >= 0.6 is 0 Å². The number of hydrogen-bond donors (Lipinski definition) is 1. The average molecular weight is 532 g/mol. The fourth-order valence-electron chi connectivity index (χ4n) is 6.91. The fourth-order valence-corrected chi connectivity index (χ4v) is 6.91. The molecule has 1 N–H and O–H groups in total. The molecule has 196 valence electrons. The zero-order valence-electron chi connectivity index (χ0n) is 26.3. The number of carbonyl (C=O) groups excluding carboxylic acids is 1. The Kier molecular flexibility index (Phi) is 6.75. The van der Waals surface area contributed by atoms with Gasteiger partial charge in [0, 0.05) is 29.8 Å². The molecule has 0 radical (unpaired) electrons. The highest BCUT2D eigenvalue weighted by Gasteiger charge is 2.66. The summed E-state index contributed by atoms with van der Waals surface area (Å²) in [5.74, 6) is 0.928. The van der Waals surface area contributed by atoms with Crippen molar-refractivity contribution < 1.29 is 4.79 Å². The van der Waals surface area contributed by atoms with E-state index in [0.717, 1.165) is 28.0 Å². The number of pyridine rings is 1. The quantitative estimate of drug-likeness (QED) is 0.264. The highest BCUT2D eigenvalue weighted by atomic mass is 16.1. The summed E-state index contributed by atoms with van der Waals surface area (Å²) in [6.07, 6.45) is 5.32. The second-order valence-electron chi connectivity index (χ2n) is 14.1. The molecule has 0 atom stereocenters. The minimum atomic E-state index is -0.257. The first-order chi connectivity index (χ1) is 18.9. The van der Waals surface area contributed by atoms with Crippen molar-refractivity contribution in [2.75, 3.05) is 10.2 Å². The molecule has 1 saturated heterocycles. The van der Waals surface area contributed by atoms with Crippen molar-refractivity contribution in [1.82, 2.24) is 24.7 Å². The molecular formula is C23H33B10N7O. The molecule has 3 aromatic heterocycles. The number of imidazole rings is 1. The van der Waals surface area contributed by atoms with E-state index in [1.807, 2.05) is 48.1 Å². The summed E-state index contributed by atoms with van der Waals surface area (Å²) in [7, 11) is 25.3. The number of carbonyl (C=O) groups is 1. The van der Waals surface area contributed by atoms with Gasteiger partial charge in [-0.1, -0.05) is 21.7 Å². The molecule has 0 saturated carbocycles. The van der Waals surface area contributed by atoms with Gasteiger partial charge in [-0.3, -0.25) is 4.79 Å². The Morgan fingerprint density at radius 2 is 1.49 bits per heavy atom. The number of hydrogen-bond acceptors (Lipinski definition) is 6. The lowest BCUT2D eigenvalue weighted by Crippen LogP contribution is -2.81. The van der Waals surface area contributed by atoms with Gasteiger partial charge in [0.2, 0.25) is 0 Å².